The van der Waals surface area contributed by atoms with Crippen LogP contribution in [0.4, 0.5) is 5.69 Å². The van der Waals surface area contributed by atoms with E-state index in [1.807, 2.05) is 6.92 Å². The van der Waals surface area contributed by atoms with Crippen molar-refractivity contribution in [1.82, 2.24) is 5.32 Å². The number of hydrogen-bond donors (Lipinski definition) is 1. The van der Waals surface area contributed by atoms with Gasteiger partial charge in [0.2, 0.25) is 10.0 Å². The number of benzene rings is 2. The van der Waals surface area contributed by atoms with Crippen LogP contribution < -0.4 is 9.62 Å². The summed E-state index contributed by atoms with van der Waals surface area (Å²) in [5.41, 5.74) is 1.54. The molecule has 5 nitrogen and oxygen atoms in total. The molecule has 0 heterocycles. The lowest BCUT2D eigenvalue weighted by Gasteiger charge is -2.24. The molecule has 0 aliphatic heterocycles. The van der Waals surface area contributed by atoms with Crippen LogP contribution in [0, 0.1) is 0 Å². The molecule has 0 saturated carbocycles. The first kappa shape index (κ1) is 19.6. The molecule has 0 aromatic heterocycles. The van der Waals surface area contributed by atoms with E-state index in [1.54, 1.807) is 42.5 Å². The zero-order chi connectivity index (χ0) is 18.6. The summed E-state index contributed by atoms with van der Waals surface area (Å²) in [6.45, 7) is 2.45. The highest BCUT2D eigenvalue weighted by atomic mass is 35.5. The molecule has 0 saturated heterocycles. The third-order valence-corrected chi connectivity index (χ3v) is 5.42. The Labute approximate surface area is 157 Å². The van der Waals surface area contributed by atoms with Crippen molar-refractivity contribution in [3.05, 3.63) is 63.6 Å². The zero-order valence-electron chi connectivity index (χ0n) is 13.8. The Hall–Kier alpha value is -1.76. The Morgan fingerprint density at radius 1 is 1.12 bits per heavy atom. The fourth-order valence-electron chi connectivity index (χ4n) is 2.26. The molecular weight excluding hydrogens is 383 g/mol. The van der Waals surface area contributed by atoms with Crippen molar-refractivity contribution >= 4 is 44.8 Å². The molecule has 8 heteroatoms. The number of sulfonamides is 1. The van der Waals surface area contributed by atoms with Crippen molar-refractivity contribution in [3.8, 4) is 0 Å². The lowest BCUT2D eigenvalue weighted by Crippen LogP contribution is -2.29. The minimum absolute atomic E-state index is 0.0779. The Bertz CT molecular complexity index is 868. The standard InChI is InChI=1S/C17H18Cl2N2O3S/c1-3-20-17(22)13-9-7-12(8-10-13)11-21(25(2,23)24)15-6-4-5-14(18)16(15)19/h4-10H,3,11H2,1-2H3,(H,20,22). The lowest BCUT2D eigenvalue weighted by molar-refractivity contribution is 0.0956. The molecule has 0 spiro atoms. The van der Waals surface area contributed by atoms with Gasteiger partial charge < -0.3 is 5.32 Å². The number of rotatable bonds is 6. The maximum absolute atomic E-state index is 12.2. The van der Waals surface area contributed by atoms with Crippen molar-refractivity contribution < 1.29 is 13.2 Å². The molecule has 0 fully saturated rings. The summed E-state index contributed by atoms with van der Waals surface area (Å²) >= 11 is 12.2. The number of hydrogen-bond acceptors (Lipinski definition) is 3. The molecule has 0 unspecified atom stereocenters. The second-order valence-electron chi connectivity index (χ2n) is 5.40. The highest BCUT2D eigenvalue weighted by Crippen LogP contribution is 2.34. The summed E-state index contributed by atoms with van der Waals surface area (Å²) in [4.78, 5) is 11.8. The third-order valence-electron chi connectivity index (χ3n) is 3.48. The summed E-state index contributed by atoms with van der Waals surface area (Å²) in [7, 11) is -3.58. The lowest BCUT2D eigenvalue weighted by atomic mass is 10.1. The quantitative estimate of drug-likeness (QED) is 0.803. The normalized spacial score (nSPS) is 11.2. The predicted octanol–water partition coefficient (Wildman–Crippen LogP) is 3.71. The Morgan fingerprint density at radius 2 is 1.76 bits per heavy atom. The molecule has 0 atom stereocenters. The summed E-state index contributed by atoms with van der Waals surface area (Å²) in [5, 5.41) is 3.16. The molecule has 0 aliphatic carbocycles. The van der Waals surface area contributed by atoms with Gasteiger partial charge in [-0.2, -0.15) is 0 Å². The van der Waals surface area contributed by atoms with Gasteiger partial charge in [0.05, 0.1) is 28.5 Å². The van der Waals surface area contributed by atoms with Gasteiger partial charge in [0.15, 0.2) is 0 Å². The van der Waals surface area contributed by atoms with E-state index in [1.165, 1.54) is 4.31 Å². The molecule has 0 radical (unpaired) electrons. The summed E-state index contributed by atoms with van der Waals surface area (Å²) in [6.07, 6.45) is 1.10. The Balaban J connectivity index is 2.33. The van der Waals surface area contributed by atoms with Crippen molar-refractivity contribution in [2.45, 2.75) is 13.5 Å². The second-order valence-corrected chi connectivity index (χ2v) is 8.09. The molecule has 1 amide bonds. The van der Waals surface area contributed by atoms with Gasteiger partial charge in [-0.1, -0.05) is 41.4 Å². The first-order valence-electron chi connectivity index (χ1n) is 7.53. The maximum Gasteiger partial charge on any atom is 0.251 e. The van der Waals surface area contributed by atoms with E-state index in [9.17, 15) is 13.2 Å². The van der Waals surface area contributed by atoms with E-state index in [2.05, 4.69) is 5.32 Å². The molecule has 0 bridgehead atoms. The average molecular weight is 401 g/mol. The molecular formula is C17H18Cl2N2O3S. The number of carbonyl (C=O) groups is 1. The highest BCUT2D eigenvalue weighted by molar-refractivity contribution is 7.92. The largest absolute Gasteiger partial charge is 0.352 e. The van der Waals surface area contributed by atoms with Crippen molar-refractivity contribution in [2.75, 3.05) is 17.1 Å². The third kappa shape index (κ3) is 4.87. The van der Waals surface area contributed by atoms with Crippen LogP contribution in [0.3, 0.4) is 0 Å². The number of nitrogens with one attached hydrogen (secondary N) is 1. The van der Waals surface area contributed by atoms with Gasteiger partial charge in [0.25, 0.3) is 5.91 Å². The number of anilines is 1. The molecule has 134 valence electrons. The summed E-state index contributed by atoms with van der Waals surface area (Å²) in [6, 6.07) is 11.6. The maximum atomic E-state index is 12.2. The predicted molar refractivity (Wildman–Crippen MR) is 102 cm³/mol. The monoisotopic (exact) mass is 400 g/mol. The second kappa shape index (κ2) is 8.08. The smallest absolute Gasteiger partial charge is 0.251 e. The van der Waals surface area contributed by atoms with Crippen LogP contribution in [0.15, 0.2) is 42.5 Å². The topological polar surface area (TPSA) is 66.5 Å². The van der Waals surface area contributed by atoms with Gasteiger partial charge in [-0.15, -0.1) is 0 Å². The van der Waals surface area contributed by atoms with E-state index in [-0.39, 0.29) is 22.5 Å². The molecule has 1 N–H and O–H groups in total. The van der Waals surface area contributed by atoms with Crippen LogP contribution in [0.1, 0.15) is 22.8 Å². The van der Waals surface area contributed by atoms with Gasteiger partial charge in [-0.05, 0) is 36.8 Å². The van der Waals surface area contributed by atoms with Gasteiger partial charge in [-0.3, -0.25) is 9.10 Å². The van der Waals surface area contributed by atoms with Gasteiger partial charge >= 0.3 is 0 Å². The van der Waals surface area contributed by atoms with Crippen molar-refractivity contribution in [3.63, 3.8) is 0 Å². The first-order valence-corrected chi connectivity index (χ1v) is 10.1. The molecule has 2 rings (SSSR count). The number of halogens is 2. The van der Waals surface area contributed by atoms with E-state index < -0.39 is 10.0 Å². The van der Waals surface area contributed by atoms with E-state index in [0.29, 0.717) is 17.8 Å². The van der Waals surface area contributed by atoms with Crippen LogP contribution in [0.2, 0.25) is 10.0 Å². The van der Waals surface area contributed by atoms with E-state index >= 15 is 0 Å². The van der Waals surface area contributed by atoms with Crippen LogP contribution in [0.5, 0.6) is 0 Å². The average Bonchev–Trinajstić information content (AvgIpc) is 2.55. The zero-order valence-corrected chi connectivity index (χ0v) is 16.1. The van der Waals surface area contributed by atoms with Crippen LogP contribution in [-0.2, 0) is 16.6 Å². The summed E-state index contributed by atoms with van der Waals surface area (Å²) in [5.74, 6) is -0.174. The molecule has 25 heavy (non-hydrogen) atoms. The Kier molecular flexibility index (Phi) is 6.32. The number of carbonyl (C=O) groups excluding carboxylic acids is 1. The van der Waals surface area contributed by atoms with Crippen LogP contribution in [0.25, 0.3) is 0 Å². The Morgan fingerprint density at radius 3 is 2.32 bits per heavy atom. The fraction of sp³-hybridized carbons (Fsp3) is 0.235. The van der Waals surface area contributed by atoms with Crippen molar-refractivity contribution in [1.29, 1.82) is 0 Å². The number of nitrogens with zero attached hydrogens (tertiary/aromatic N) is 1. The van der Waals surface area contributed by atoms with E-state index in [0.717, 1.165) is 11.8 Å². The van der Waals surface area contributed by atoms with Crippen molar-refractivity contribution in [2.24, 2.45) is 0 Å². The molecule has 2 aromatic rings. The minimum atomic E-state index is -3.58. The highest BCUT2D eigenvalue weighted by Gasteiger charge is 2.21. The fourth-order valence-corrected chi connectivity index (χ4v) is 3.60. The molecule has 2 aromatic carbocycles. The van der Waals surface area contributed by atoms with Crippen LogP contribution >= 0.6 is 23.2 Å². The first-order chi connectivity index (χ1) is 11.7. The van der Waals surface area contributed by atoms with Gasteiger partial charge in [0, 0.05) is 12.1 Å². The van der Waals surface area contributed by atoms with Gasteiger partial charge in [0.1, 0.15) is 0 Å². The SMILES string of the molecule is CCNC(=O)c1ccc(CN(c2cccc(Cl)c2Cl)S(C)(=O)=O)cc1. The molecule has 0 aliphatic rings. The summed E-state index contributed by atoms with van der Waals surface area (Å²) < 4.78 is 25.6. The van der Waals surface area contributed by atoms with Gasteiger partial charge in [-0.25, -0.2) is 8.42 Å². The minimum Gasteiger partial charge on any atom is -0.352 e. The number of amides is 1. The van der Waals surface area contributed by atoms with E-state index in [4.69, 9.17) is 23.2 Å². The van der Waals surface area contributed by atoms with Crippen LogP contribution in [-0.4, -0.2) is 27.1 Å².